The van der Waals surface area contributed by atoms with Crippen LogP contribution in [0.2, 0.25) is 0 Å². The molecule has 0 N–H and O–H groups in total. The highest BCUT2D eigenvalue weighted by atomic mass is 16.5. The molecular formula is C7H14N2O. The summed E-state index contributed by atoms with van der Waals surface area (Å²) in [5, 5.41) is 6.04. The zero-order valence-corrected chi connectivity index (χ0v) is 6.96. The van der Waals surface area contributed by atoms with Crippen molar-refractivity contribution in [2.24, 2.45) is 5.10 Å². The molecule has 1 rings (SSSR count). The van der Waals surface area contributed by atoms with Gasteiger partial charge in [-0.15, -0.1) is 0 Å². The fourth-order valence-electron chi connectivity index (χ4n) is 1.03. The fourth-order valence-corrected chi connectivity index (χ4v) is 1.03. The molecule has 3 heteroatoms. The smallest absolute Gasteiger partial charge is 0.118 e. The Balaban J connectivity index is 2.72. The predicted molar refractivity (Wildman–Crippen MR) is 41.1 cm³/mol. The number of rotatable bonds is 1. The van der Waals surface area contributed by atoms with Crippen LogP contribution in [0, 0.1) is 0 Å². The van der Waals surface area contributed by atoms with Gasteiger partial charge in [-0.3, -0.25) is 5.01 Å². The molecule has 0 fully saturated rings. The molecule has 1 aliphatic rings. The lowest BCUT2D eigenvalue weighted by atomic mass is 9.99. The van der Waals surface area contributed by atoms with Crippen LogP contribution in [-0.4, -0.2) is 37.0 Å². The second-order valence-electron chi connectivity index (χ2n) is 3.10. The molecular weight excluding hydrogens is 128 g/mol. The van der Waals surface area contributed by atoms with Gasteiger partial charge in [-0.2, -0.15) is 5.10 Å². The highest BCUT2D eigenvalue weighted by Crippen LogP contribution is 2.23. The fraction of sp³-hybridized carbons (Fsp3) is 0.857. The summed E-state index contributed by atoms with van der Waals surface area (Å²) in [4.78, 5) is 0. The van der Waals surface area contributed by atoms with Gasteiger partial charge in [0, 0.05) is 14.2 Å². The molecule has 0 aromatic rings. The lowest BCUT2D eigenvalue weighted by molar-refractivity contribution is 0.0396. The molecule has 0 aromatic heterocycles. The third-order valence-electron chi connectivity index (χ3n) is 2.16. The number of hydrazone groups is 1. The Kier molecular flexibility index (Phi) is 1.68. The lowest BCUT2D eigenvalue weighted by Crippen LogP contribution is -2.44. The number of ether oxygens (including phenoxy) is 1. The summed E-state index contributed by atoms with van der Waals surface area (Å²) < 4.78 is 5.21. The van der Waals surface area contributed by atoms with Crippen molar-refractivity contribution >= 4 is 6.21 Å². The number of hydrogen-bond acceptors (Lipinski definition) is 3. The lowest BCUT2D eigenvalue weighted by Gasteiger charge is -2.31. The quantitative estimate of drug-likeness (QED) is 0.538. The van der Waals surface area contributed by atoms with E-state index < -0.39 is 0 Å². The first-order valence-electron chi connectivity index (χ1n) is 3.39. The molecule has 1 unspecified atom stereocenters. The molecule has 3 nitrogen and oxygen atoms in total. The van der Waals surface area contributed by atoms with E-state index in [4.69, 9.17) is 4.74 Å². The number of methoxy groups -OCH3 is 1. The maximum atomic E-state index is 5.21. The van der Waals surface area contributed by atoms with E-state index in [0.29, 0.717) is 0 Å². The Bertz CT molecular complexity index is 154. The predicted octanol–water partition coefficient (Wildman–Crippen LogP) is 0.711. The average Bonchev–Trinajstić information content (AvgIpc) is 2.10. The first kappa shape index (κ1) is 7.54. The van der Waals surface area contributed by atoms with Crippen molar-refractivity contribution in [2.75, 3.05) is 14.2 Å². The van der Waals surface area contributed by atoms with Crippen LogP contribution in [0.25, 0.3) is 0 Å². The Morgan fingerprint density at radius 2 is 2.20 bits per heavy atom. The standard InChI is InChI=1S/C7H14N2O/c1-7(2)6(10-4)5-8-9(7)3/h5-6H,1-4H3. The number of hydrogen-bond donors (Lipinski definition) is 0. The molecule has 0 amide bonds. The van der Waals surface area contributed by atoms with E-state index in [2.05, 4.69) is 18.9 Å². The molecule has 0 aromatic carbocycles. The normalized spacial score (nSPS) is 29.6. The van der Waals surface area contributed by atoms with E-state index in [1.165, 1.54) is 0 Å². The largest absolute Gasteiger partial charge is 0.373 e. The van der Waals surface area contributed by atoms with Gasteiger partial charge in [0.15, 0.2) is 0 Å². The first-order valence-corrected chi connectivity index (χ1v) is 3.39. The van der Waals surface area contributed by atoms with Crippen LogP contribution in [0.4, 0.5) is 0 Å². The van der Waals surface area contributed by atoms with Gasteiger partial charge in [0.05, 0.1) is 11.8 Å². The van der Waals surface area contributed by atoms with Crippen molar-refractivity contribution in [3.63, 3.8) is 0 Å². The maximum absolute atomic E-state index is 5.21. The number of likely N-dealkylation sites (N-methyl/N-ethyl adjacent to an activating group) is 1. The van der Waals surface area contributed by atoms with Gasteiger partial charge >= 0.3 is 0 Å². The van der Waals surface area contributed by atoms with Gasteiger partial charge in [-0.25, -0.2) is 0 Å². The highest BCUT2D eigenvalue weighted by molar-refractivity contribution is 5.67. The summed E-state index contributed by atoms with van der Waals surface area (Å²) in [6.07, 6.45) is 1.96. The molecule has 0 bridgehead atoms. The Hall–Kier alpha value is -0.570. The summed E-state index contributed by atoms with van der Waals surface area (Å²) in [6.45, 7) is 4.21. The summed E-state index contributed by atoms with van der Waals surface area (Å²) in [6, 6.07) is 0. The summed E-state index contributed by atoms with van der Waals surface area (Å²) in [5.41, 5.74) is 0.00868. The minimum absolute atomic E-state index is 0.00868. The van der Waals surface area contributed by atoms with Gasteiger partial charge in [0.2, 0.25) is 0 Å². The molecule has 58 valence electrons. The topological polar surface area (TPSA) is 24.8 Å². The minimum atomic E-state index is 0.00868. The van der Waals surface area contributed by atoms with E-state index in [1.807, 2.05) is 18.3 Å². The van der Waals surface area contributed by atoms with Crippen LogP contribution in [0.5, 0.6) is 0 Å². The highest BCUT2D eigenvalue weighted by Gasteiger charge is 2.36. The van der Waals surface area contributed by atoms with Gasteiger partial charge in [0.1, 0.15) is 6.10 Å². The van der Waals surface area contributed by atoms with Gasteiger partial charge < -0.3 is 4.74 Å². The molecule has 1 aliphatic heterocycles. The van der Waals surface area contributed by atoms with Crippen LogP contribution < -0.4 is 0 Å². The number of nitrogens with zero attached hydrogens (tertiary/aromatic N) is 2. The monoisotopic (exact) mass is 142 g/mol. The van der Waals surface area contributed by atoms with Crippen molar-refractivity contribution in [3.8, 4) is 0 Å². The molecule has 0 saturated heterocycles. The SMILES string of the molecule is COC1C=NN(C)C1(C)C. The van der Waals surface area contributed by atoms with Crippen molar-refractivity contribution in [1.29, 1.82) is 0 Å². The van der Waals surface area contributed by atoms with Gasteiger partial charge in [0.25, 0.3) is 0 Å². The van der Waals surface area contributed by atoms with Crippen LogP contribution in [0.15, 0.2) is 5.10 Å². The minimum Gasteiger partial charge on any atom is -0.373 e. The summed E-state index contributed by atoms with van der Waals surface area (Å²) in [7, 11) is 3.66. The zero-order valence-electron chi connectivity index (χ0n) is 6.96. The molecule has 1 heterocycles. The van der Waals surface area contributed by atoms with E-state index in [-0.39, 0.29) is 11.6 Å². The Morgan fingerprint density at radius 3 is 2.40 bits per heavy atom. The van der Waals surface area contributed by atoms with Gasteiger partial charge in [-0.05, 0) is 13.8 Å². The van der Waals surface area contributed by atoms with Crippen molar-refractivity contribution in [1.82, 2.24) is 5.01 Å². The van der Waals surface area contributed by atoms with Crippen molar-refractivity contribution in [2.45, 2.75) is 25.5 Å². The van der Waals surface area contributed by atoms with Crippen molar-refractivity contribution in [3.05, 3.63) is 0 Å². The van der Waals surface area contributed by atoms with Crippen molar-refractivity contribution < 1.29 is 4.74 Å². The van der Waals surface area contributed by atoms with Crippen LogP contribution in [0.3, 0.4) is 0 Å². The van der Waals surface area contributed by atoms with E-state index in [0.717, 1.165) is 0 Å². The molecule has 0 aliphatic carbocycles. The van der Waals surface area contributed by atoms with Crippen LogP contribution in [-0.2, 0) is 4.74 Å². The third-order valence-corrected chi connectivity index (χ3v) is 2.16. The van der Waals surface area contributed by atoms with Gasteiger partial charge in [-0.1, -0.05) is 0 Å². The second kappa shape index (κ2) is 2.23. The maximum Gasteiger partial charge on any atom is 0.118 e. The van der Waals surface area contributed by atoms with Crippen LogP contribution in [0.1, 0.15) is 13.8 Å². The molecule has 0 radical (unpaired) electrons. The Labute approximate surface area is 61.7 Å². The Morgan fingerprint density at radius 1 is 1.60 bits per heavy atom. The zero-order chi connectivity index (χ0) is 7.78. The second-order valence-corrected chi connectivity index (χ2v) is 3.10. The summed E-state index contributed by atoms with van der Waals surface area (Å²) in [5.74, 6) is 0. The molecule has 1 atom stereocenters. The average molecular weight is 142 g/mol. The van der Waals surface area contributed by atoms with Crippen LogP contribution >= 0.6 is 0 Å². The van der Waals surface area contributed by atoms with E-state index >= 15 is 0 Å². The third kappa shape index (κ3) is 0.904. The first-order chi connectivity index (χ1) is 4.59. The van der Waals surface area contributed by atoms with E-state index in [1.54, 1.807) is 7.11 Å². The molecule has 0 saturated carbocycles. The van der Waals surface area contributed by atoms with E-state index in [9.17, 15) is 0 Å². The molecule has 10 heavy (non-hydrogen) atoms. The molecule has 0 spiro atoms. The summed E-state index contributed by atoms with van der Waals surface area (Å²) >= 11 is 0.